The normalized spacial score (nSPS) is 29.5. The van der Waals surface area contributed by atoms with E-state index in [1.165, 1.54) is 10.6 Å². The molecule has 2 aliphatic rings. The number of likely N-dealkylation sites (N-methyl/N-ethyl adjacent to an activating group) is 1. The zero-order valence-electron chi connectivity index (χ0n) is 19.2. The second-order valence-electron chi connectivity index (χ2n) is 8.71. The third-order valence-corrected chi connectivity index (χ3v) is 13.1. The van der Waals surface area contributed by atoms with Crippen molar-refractivity contribution >= 4 is 26.4 Å². The highest BCUT2D eigenvalue weighted by molar-refractivity contribution is 7.75. The minimum absolute atomic E-state index is 0.0981. The van der Waals surface area contributed by atoms with Crippen molar-refractivity contribution in [2.45, 2.75) is 30.9 Å². The third-order valence-electron chi connectivity index (χ3n) is 6.86. The Hall–Kier alpha value is -2.12. The molecule has 0 saturated carbocycles. The molecule has 1 heterocycles. The van der Waals surface area contributed by atoms with Crippen molar-refractivity contribution < 1.29 is 9.42 Å². The van der Waals surface area contributed by atoms with Gasteiger partial charge in [0, 0.05) is 15.0 Å². The van der Waals surface area contributed by atoms with Crippen LogP contribution in [-0.2, 0) is 9.87 Å². The highest BCUT2D eigenvalue weighted by Gasteiger charge is 2.67. The second-order valence-corrected chi connectivity index (χ2v) is 13.6. The van der Waals surface area contributed by atoms with Crippen molar-refractivity contribution in [1.82, 2.24) is 4.67 Å². The number of benzene rings is 3. The summed E-state index contributed by atoms with van der Waals surface area (Å²) in [5, 5.41) is 1.66. The van der Waals surface area contributed by atoms with Gasteiger partial charge in [0.2, 0.25) is 0 Å². The maximum atomic E-state index is 14.7. The molecule has 2 unspecified atom stereocenters. The highest BCUT2D eigenvalue weighted by atomic mass is 31.2. The first kappa shape index (κ1) is 22.7. The molecular formula is C28H29NO2P2. The first-order valence-electron chi connectivity index (χ1n) is 11.3. The van der Waals surface area contributed by atoms with Crippen molar-refractivity contribution in [2.24, 2.45) is 0 Å². The van der Waals surface area contributed by atoms with E-state index in [0.29, 0.717) is 0 Å². The van der Waals surface area contributed by atoms with Crippen LogP contribution in [0.15, 0.2) is 115 Å². The molecule has 1 aliphatic heterocycles. The summed E-state index contributed by atoms with van der Waals surface area (Å²) in [5.41, 5.74) is 1.94. The van der Waals surface area contributed by atoms with Crippen LogP contribution >= 0.6 is 15.8 Å². The van der Waals surface area contributed by atoms with Crippen molar-refractivity contribution in [3.05, 3.63) is 120 Å². The first-order valence-corrected chi connectivity index (χ1v) is 14.3. The average molecular weight is 473 g/mol. The molecule has 3 nitrogen and oxygen atoms in total. The van der Waals surface area contributed by atoms with Gasteiger partial charge in [-0.3, -0.25) is 0 Å². The molecular weight excluding hydrogens is 444 g/mol. The van der Waals surface area contributed by atoms with E-state index in [9.17, 15) is 4.89 Å². The lowest BCUT2D eigenvalue weighted by molar-refractivity contribution is -0.202. The van der Waals surface area contributed by atoms with Gasteiger partial charge in [-0.15, -0.1) is 0 Å². The van der Waals surface area contributed by atoms with Crippen LogP contribution in [0.1, 0.15) is 19.4 Å². The largest absolute Gasteiger partial charge is 0.640 e. The number of hydrogen-bond donors (Lipinski definition) is 0. The van der Waals surface area contributed by atoms with E-state index in [2.05, 4.69) is 79.7 Å². The Bertz CT molecular complexity index is 1130. The van der Waals surface area contributed by atoms with Gasteiger partial charge in [0.25, 0.3) is 0 Å². The van der Waals surface area contributed by atoms with Crippen LogP contribution in [0.3, 0.4) is 0 Å². The predicted molar refractivity (Wildman–Crippen MR) is 139 cm³/mol. The summed E-state index contributed by atoms with van der Waals surface area (Å²) in [6, 6.07) is 31.5. The van der Waals surface area contributed by atoms with E-state index in [-0.39, 0.29) is 11.7 Å². The van der Waals surface area contributed by atoms with E-state index < -0.39 is 21.1 Å². The summed E-state index contributed by atoms with van der Waals surface area (Å²) < 4.78 is 9.12. The molecule has 3 aromatic rings. The molecule has 4 atom stereocenters. The summed E-state index contributed by atoms with van der Waals surface area (Å²) in [4.78, 5) is 14.7. The van der Waals surface area contributed by atoms with Gasteiger partial charge >= 0.3 is 0 Å². The Labute approximate surface area is 198 Å². The van der Waals surface area contributed by atoms with Gasteiger partial charge in [0.15, 0.2) is 13.2 Å². The number of hydrogen-bond acceptors (Lipinski definition) is 3. The standard InChI is InChI=1S/C28H29NO2P2/c1-22-14-13-21-27(22)33(30)29(3)23(2)28(31-33,24-15-7-4-8-16-24)32(25-17-9-5-10-18-25)26-19-11-6-12-20-26/h4-21,23,27H,1-3H3/t23-,27?,28+,33?/m0/s1. The molecule has 0 amide bonds. The lowest BCUT2D eigenvalue weighted by atomic mass is 10.0. The molecule has 1 aliphatic carbocycles. The lowest BCUT2D eigenvalue weighted by Crippen LogP contribution is -2.43. The molecule has 0 bridgehead atoms. The monoisotopic (exact) mass is 473 g/mol. The Kier molecular flexibility index (Phi) is 6.12. The third kappa shape index (κ3) is 3.64. The van der Waals surface area contributed by atoms with E-state index in [0.717, 1.165) is 11.1 Å². The van der Waals surface area contributed by atoms with Gasteiger partial charge in [-0.2, -0.15) is 4.67 Å². The van der Waals surface area contributed by atoms with Crippen molar-refractivity contribution in [3.63, 3.8) is 0 Å². The van der Waals surface area contributed by atoms with E-state index in [1.54, 1.807) is 0 Å². The molecule has 1 fully saturated rings. The van der Waals surface area contributed by atoms with Gasteiger partial charge in [-0.05, 0) is 41.7 Å². The molecule has 33 heavy (non-hydrogen) atoms. The minimum Gasteiger partial charge on any atom is -0.640 e. The van der Waals surface area contributed by atoms with Crippen LogP contribution in [0.5, 0.6) is 0 Å². The molecule has 5 heteroatoms. The minimum atomic E-state index is -3.21. The van der Waals surface area contributed by atoms with Crippen molar-refractivity contribution in [1.29, 1.82) is 0 Å². The fourth-order valence-corrected chi connectivity index (χ4v) is 11.6. The van der Waals surface area contributed by atoms with Crippen LogP contribution < -0.4 is 15.5 Å². The molecule has 0 N–H and O–H groups in total. The van der Waals surface area contributed by atoms with E-state index in [4.69, 9.17) is 4.52 Å². The zero-order valence-corrected chi connectivity index (χ0v) is 21.0. The maximum Gasteiger partial charge on any atom is 0.186 e. The van der Waals surface area contributed by atoms with Crippen LogP contribution in [0.2, 0.25) is 0 Å². The van der Waals surface area contributed by atoms with Crippen LogP contribution in [0.25, 0.3) is 0 Å². The SMILES string of the molecule is CC1=CC=CC1[P+]1([O-])O[C@@](c2ccccc2)(P(c2ccccc2)c2ccccc2)[C@H](C)N1C. The quantitative estimate of drug-likeness (QED) is 0.470. The van der Waals surface area contributed by atoms with Crippen LogP contribution in [-0.4, -0.2) is 23.4 Å². The number of allylic oxidation sites excluding steroid dienone is 4. The number of nitrogens with zero attached hydrogens (tertiary/aromatic N) is 1. The van der Waals surface area contributed by atoms with Gasteiger partial charge in [-0.1, -0.05) is 103 Å². The topological polar surface area (TPSA) is 35.5 Å². The molecule has 168 valence electrons. The molecule has 0 spiro atoms. The highest BCUT2D eigenvalue weighted by Crippen LogP contribution is 2.78. The fourth-order valence-electron chi connectivity index (χ4n) is 5.03. The Morgan fingerprint density at radius 3 is 1.88 bits per heavy atom. The molecule has 0 aromatic heterocycles. The first-order chi connectivity index (χ1) is 16.0. The average Bonchev–Trinajstić information content (AvgIpc) is 3.38. The molecule has 5 rings (SSSR count). The Balaban J connectivity index is 1.77. The summed E-state index contributed by atoms with van der Waals surface area (Å²) in [7, 11) is -2.28. The van der Waals surface area contributed by atoms with Crippen molar-refractivity contribution in [3.8, 4) is 0 Å². The number of rotatable bonds is 5. The van der Waals surface area contributed by atoms with Gasteiger partial charge in [-0.25, -0.2) is 4.52 Å². The summed E-state index contributed by atoms with van der Waals surface area (Å²) in [6.07, 6.45) is 6.08. The van der Waals surface area contributed by atoms with Crippen molar-refractivity contribution in [2.75, 3.05) is 7.05 Å². The van der Waals surface area contributed by atoms with E-state index >= 15 is 0 Å². The molecule has 0 radical (unpaired) electrons. The Morgan fingerprint density at radius 1 is 0.879 bits per heavy atom. The predicted octanol–water partition coefficient (Wildman–Crippen LogP) is 5.33. The van der Waals surface area contributed by atoms with Gasteiger partial charge in [0.1, 0.15) is 5.66 Å². The molecule has 1 saturated heterocycles. The smallest absolute Gasteiger partial charge is 0.186 e. The van der Waals surface area contributed by atoms with E-state index in [1.807, 2.05) is 55.1 Å². The summed E-state index contributed by atoms with van der Waals surface area (Å²) in [6.45, 7) is 4.22. The Morgan fingerprint density at radius 2 is 1.39 bits per heavy atom. The van der Waals surface area contributed by atoms with Gasteiger partial charge < -0.3 is 4.89 Å². The zero-order chi connectivity index (χ0) is 23.1. The maximum absolute atomic E-state index is 14.7. The van der Waals surface area contributed by atoms with Crippen LogP contribution in [0, 0.1) is 0 Å². The summed E-state index contributed by atoms with van der Waals surface area (Å²) >= 11 is 0. The van der Waals surface area contributed by atoms with Gasteiger partial charge in [0.05, 0.1) is 6.04 Å². The summed E-state index contributed by atoms with van der Waals surface area (Å²) in [5.74, 6) is 0. The second kappa shape index (κ2) is 8.91. The fraction of sp³-hybridized carbons (Fsp3) is 0.214. The molecule has 3 aromatic carbocycles. The lowest BCUT2D eigenvalue weighted by Gasteiger charge is -2.39. The van der Waals surface area contributed by atoms with Crippen LogP contribution in [0.4, 0.5) is 0 Å².